The molecule has 0 saturated heterocycles. The predicted octanol–water partition coefficient (Wildman–Crippen LogP) is 5.51. The molecular formula is C29H27NO5. The Hall–Kier alpha value is -3.93. The van der Waals surface area contributed by atoms with E-state index in [2.05, 4.69) is 5.32 Å². The Balaban J connectivity index is 1.16. The molecule has 2 fully saturated rings. The number of hydrogen-bond donors (Lipinski definition) is 1. The van der Waals surface area contributed by atoms with Crippen molar-refractivity contribution in [2.75, 3.05) is 11.9 Å². The Morgan fingerprint density at radius 3 is 2.03 bits per heavy atom. The average molecular weight is 470 g/mol. The van der Waals surface area contributed by atoms with E-state index >= 15 is 0 Å². The molecule has 2 saturated carbocycles. The minimum absolute atomic E-state index is 0.00186. The Labute approximate surface area is 204 Å². The lowest BCUT2D eigenvalue weighted by molar-refractivity contribution is -0.154. The summed E-state index contributed by atoms with van der Waals surface area (Å²) in [4.78, 5) is 38.6. The highest BCUT2D eigenvalue weighted by Crippen LogP contribution is 2.53. The second-order valence-electron chi connectivity index (χ2n) is 9.21. The highest BCUT2D eigenvalue weighted by molar-refractivity contribution is 6.01. The van der Waals surface area contributed by atoms with E-state index in [4.69, 9.17) is 9.47 Å². The van der Waals surface area contributed by atoms with Crippen LogP contribution in [0, 0.1) is 23.7 Å². The zero-order valence-electron chi connectivity index (χ0n) is 19.3. The van der Waals surface area contributed by atoms with Gasteiger partial charge < -0.3 is 14.8 Å². The van der Waals surface area contributed by atoms with E-state index in [1.54, 1.807) is 36.4 Å². The zero-order chi connectivity index (χ0) is 24.2. The number of fused-ring (bicyclic) bond motifs is 2. The molecule has 0 heterocycles. The summed E-state index contributed by atoms with van der Waals surface area (Å²) in [7, 11) is 0. The molecule has 2 aliphatic carbocycles. The molecule has 3 aromatic rings. The largest absolute Gasteiger partial charge is 0.457 e. The first-order chi connectivity index (χ1) is 17.1. The smallest absolute Gasteiger partial charge is 0.310 e. The third-order valence-corrected chi connectivity index (χ3v) is 7.01. The summed E-state index contributed by atoms with van der Waals surface area (Å²) in [6, 6.07) is 25.5. The van der Waals surface area contributed by atoms with Crippen LogP contribution < -0.4 is 10.1 Å². The molecule has 1 amide bonds. The molecule has 0 unspecified atom stereocenters. The first-order valence-electron chi connectivity index (χ1n) is 12.0. The summed E-state index contributed by atoms with van der Waals surface area (Å²) in [5.41, 5.74) is 1.20. The molecule has 3 aromatic carbocycles. The summed E-state index contributed by atoms with van der Waals surface area (Å²) in [5, 5.41) is 2.73. The van der Waals surface area contributed by atoms with Gasteiger partial charge in [0, 0.05) is 17.2 Å². The summed E-state index contributed by atoms with van der Waals surface area (Å²) < 4.78 is 11.2. The van der Waals surface area contributed by atoms with Crippen molar-refractivity contribution in [2.45, 2.75) is 19.3 Å². The van der Waals surface area contributed by atoms with Gasteiger partial charge in [-0.25, -0.2) is 0 Å². The van der Waals surface area contributed by atoms with Crippen LogP contribution in [0.15, 0.2) is 84.9 Å². The standard InChI is InChI=1S/C29H27NO5/c31-25(30-22-13-15-24(16-14-22)35-23-9-5-2-6-10-23)18-34-29(33)27-21-12-11-20(17-21)26(27)28(32)19-7-3-1-4-8-19/h1-10,13-16,20-21,26-27H,11-12,17-18H2,(H,30,31)/t20-,21-,26-,27-/m0/s1. The molecule has 2 aliphatic rings. The molecule has 35 heavy (non-hydrogen) atoms. The van der Waals surface area contributed by atoms with Crippen LogP contribution in [0.25, 0.3) is 0 Å². The fourth-order valence-electron chi connectivity index (χ4n) is 5.46. The lowest BCUT2D eigenvalue weighted by atomic mass is 9.75. The van der Waals surface area contributed by atoms with Crippen LogP contribution in [0.5, 0.6) is 11.5 Å². The first-order valence-corrected chi connectivity index (χ1v) is 12.0. The first kappa shape index (κ1) is 22.8. The number of nitrogens with one attached hydrogen (secondary N) is 1. The van der Waals surface area contributed by atoms with E-state index in [1.165, 1.54) is 0 Å². The number of hydrogen-bond acceptors (Lipinski definition) is 5. The molecule has 6 nitrogen and oxygen atoms in total. The topological polar surface area (TPSA) is 81.7 Å². The summed E-state index contributed by atoms with van der Waals surface area (Å²) >= 11 is 0. The van der Waals surface area contributed by atoms with Crippen molar-refractivity contribution in [1.29, 1.82) is 0 Å². The van der Waals surface area contributed by atoms with Gasteiger partial charge in [-0.3, -0.25) is 14.4 Å². The highest BCUT2D eigenvalue weighted by Gasteiger charge is 2.54. The molecule has 6 heteroatoms. The molecule has 0 aromatic heterocycles. The maximum absolute atomic E-state index is 13.2. The van der Waals surface area contributed by atoms with Crippen LogP contribution in [0.3, 0.4) is 0 Å². The molecule has 0 aliphatic heterocycles. The van der Waals surface area contributed by atoms with E-state index < -0.39 is 17.8 Å². The van der Waals surface area contributed by atoms with Crippen LogP contribution in [0.4, 0.5) is 5.69 Å². The molecule has 2 bridgehead atoms. The maximum Gasteiger partial charge on any atom is 0.310 e. The predicted molar refractivity (Wildman–Crippen MR) is 131 cm³/mol. The van der Waals surface area contributed by atoms with Gasteiger partial charge in [0.25, 0.3) is 5.91 Å². The van der Waals surface area contributed by atoms with Gasteiger partial charge in [0.2, 0.25) is 0 Å². The molecule has 4 atom stereocenters. The maximum atomic E-state index is 13.2. The van der Waals surface area contributed by atoms with Crippen LogP contribution in [-0.4, -0.2) is 24.3 Å². The SMILES string of the molecule is O=C(COC(=O)[C@H]1[C@H]2CC[C@@H](C2)[C@@H]1C(=O)c1ccccc1)Nc1ccc(Oc2ccccc2)cc1. The van der Waals surface area contributed by atoms with E-state index in [1.807, 2.05) is 48.5 Å². The molecule has 1 N–H and O–H groups in total. The number of ketones is 1. The van der Waals surface area contributed by atoms with Crippen LogP contribution in [0.1, 0.15) is 29.6 Å². The summed E-state index contributed by atoms with van der Waals surface area (Å²) in [5.74, 6) is -0.0139. The number of para-hydroxylation sites is 1. The normalized spacial score (nSPS) is 22.4. The molecular weight excluding hydrogens is 442 g/mol. The van der Waals surface area contributed by atoms with Crippen molar-refractivity contribution in [1.82, 2.24) is 0 Å². The van der Waals surface area contributed by atoms with Crippen molar-refractivity contribution in [2.24, 2.45) is 23.7 Å². The van der Waals surface area contributed by atoms with E-state index in [-0.39, 0.29) is 30.1 Å². The van der Waals surface area contributed by atoms with Crippen molar-refractivity contribution < 1.29 is 23.9 Å². The number of esters is 1. The van der Waals surface area contributed by atoms with E-state index in [9.17, 15) is 14.4 Å². The second-order valence-corrected chi connectivity index (χ2v) is 9.21. The monoisotopic (exact) mass is 469 g/mol. The molecule has 0 radical (unpaired) electrons. The third-order valence-electron chi connectivity index (χ3n) is 7.01. The van der Waals surface area contributed by atoms with Crippen molar-refractivity contribution in [3.8, 4) is 11.5 Å². The van der Waals surface area contributed by atoms with Crippen LogP contribution in [0.2, 0.25) is 0 Å². The Morgan fingerprint density at radius 2 is 1.34 bits per heavy atom. The van der Waals surface area contributed by atoms with Crippen molar-refractivity contribution >= 4 is 23.3 Å². The summed E-state index contributed by atoms with van der Waals surface area (Å²) in [6.07, 6.45) is 2.75. The number of carbonyl (C=O) groups is 3. The molecule has 0 spiro atoms. The third kappa shape index (κ3) is 5.11. The van der Waals surface area contributed by atoms with Gasteiger partial charge >= 0.3 is 5.97 Å². The van der Waals surface area contributed by atoms with E-state index in [0.717, 1.165) is 25.0 Å². The highest BCUT2D eigenvalue weighted by atomic mass is 16.5. The molecule has 5 rings (SSSR count). The van der Waals surface area contributed by atoms with Gasteiger partial charge in [0.1, 0.15) is 11.5 Å². The fourth-order valence-corrected chi connectivity index (χ4v) is 5.46. The fraction of sp³-hybridized carbons (Fsp3) is 0.276. The van der Waals surface area contributed by atoms with Crippen molar-refractivity contribution in [3.63, 3.8) is 0 Å². The van der Waals surface area contributed by atoms with Gasteiger partial charge in [-0.2, -0.15) is 0 Å². The van der Waals surface area contributed by atoms with Crippen LogP contribution in [-0.2, 0) is 14.3 Å². The number of amides is 1. The van der Waals surface area contributed by atoms with Gasteiger partial charge in [-0.05, 0) is 67.5 Å². The van der Waals surface area contributed by atoms with Gasteiger partial charge in [0.05, 0.1) is 5.92 Å². The number of Topliss-reactive ketones (excluding diaryl/α,β-unsaturated/α-hetero) is 1. The Morgan fingerprint density at radius 1 is 0.743 bits per heavy atom. The number of carbonyl (C=O) groups excluding carboxylic acids is 3. The van der Waals surface area contributed by atoms with Gasteiger partial charge in [-0.1, -0.05) is 48.5 Å². The Kier molecular flexibility index (Phi) is 6.62. The van der Waals surface area contributed by atoms with Crippen molar-refractivity contribution in [3.05, 3.63) is 90.5 Å². The lowest BCUT2D eigenvalue weighted by Crippen LogP contribution is -2.37. The minimum Gasteiger partial charge on any atom is -0.457 e. The average Bonchev–Trinajstić information content (AvgIpc) is 3.51. The van der Waals surface area contributed by atoms with Crippen LogP contribution >= 0.6 is 0 Å². The molecule has 178 valence electrons. The Bertz CT molecular complexity index is 1190. The number of anilines is 1. The summed E-state index contributed by atoms with van der Waals surface area (Å²) in [6.45, 7) is -0.388. The minimum atomic E-state index is -0.483. The second kappa shape index (κ2) is 10.1. The lowest BCUT2D eigenvalue weighted by Gasteiger charge is -2.28. The van der Waals surface area contributed by atoms with Gasteiger partial charge in [0.15, 0.2) is 12.4 Å². The number of ether oxygens (including phenoxy) is 2. The van der Waals surface area contributed by atoms with E-state index in [0.29, 0.717) is 17.0 Å². The van der Waals surface area contributed by atoms with Gasteiger partial charge in [-0.15, -0.1) is 0 Å². The zero-order valence-corrected chi connectivity index (χ0v) is 19.3. The quantitative estimate of drug-likeness (QED) is 0.348. The number of benzene rings is 3. The number of rotatable bonds is 8.